The van der Waals surface area contributed by atoms with Gasteiger partial charge in [0.1, 0.15) is 13.6 Å². The molecule has 7 heavy (non-hydrogen) atoms. The van der Waals surface area contributed by atoms with Gasteiger partial charge in [-0.15, -0.1) is 5.26 Å². The first-order valence-corrected chi connectivity index (χ1v) is 2.18. The lowest BCUT2D eigenvalue weighted by molar-refractivity contribution is -0.855. The highest BCUT2D eigenvalue weighted by Gasteiger charge is 2.09. The third-order valence-corrected chi connectivity index (χ3v) is 0.885. The summed E-state index contributed by atoms with van der Waals surface area (Å²) in [6.45, 7) is 2.51. The maximum Gasteiger partial charge on any atom is 0.329 e. The smallest absolute Gasteiger partial charge is 0.166 e. The second kappa shape index (κ2) is 1.92. The Morgan fingerprint density at radius 1 is 1.86 bits per heavy atom. The minimum atomic E-state index is -0.0556. The Bertz CT molecular complexity index is 89.6. The monoisotopic (exact) mass is 100 g/mol. The molecule has 0 saturated carbocycles. The maximum absolute atomic E-state index is 8.19. The van der Waals surface area contributed by atoms with Gasteiger partial charge in [0.15, 0.2) is 0 Å². The van der Waals surface area contributed by atoms with Crippen molar-refractivity contribution in [1.82, 2.24) is 0 Å². The van der Waals surface area contributed by atoms with Gasteiger partial charge in [0.2, 0.25) is 0 Å². The molecule has 0 saturated heterocycles. The van der Waals surface area contributed by atoms with Gasteiger partial charge in [0, 0.05) is 0 Å². The number of hydrogen-bond donors (Lipinski definition) is 1. The van der Waals surface area contributed by atoms with Crippen LogP contribution in [0.4, 0.5) is 0 Å². The number of nitrogens with two attached hydrogens (primary N) is 1. The molecule has 0 aromatic rings. The third kappa shape index (κ3) is 2.15. The van der Waals surface area contributed by atoms with Crippen LogP contribution in [0.2, 0.25) is 0 Å². The Balaban J connectivity index is 3.66. The van der Waals surface area contributed by atoms with E-state index >= 15 is 0 Å². The van der Waals surface area contributed by atoms with Crippen molar-refractivity contribution >= 4 is 0 Å². The Labute approximate surface area is 43.5 Å². The van der Waals surface area contributed by atoms with E-state index < -0.39 is 0 Å². The van der Waals surface area contributed by atoms with Crippen molar-refractivity contribution in [3.05, 3.63) is 0 Å². The van der Waals surface area contributed by atoms with Crippen LogP contribution in [-0.4, -0.2) is 18.2 Å². The molecule has 0 aromatic carbocycles. The molecular weight excluding hydrogens is 90.1 g/mol. The van der Waals surface area contributed by atoms with E-state index in [1.165, 1.54) is 0 Å². The lowest BCUT2D eigenvalue weighted by Gasteiger charge is -2.12. The van der Waals surface area contributed by atoms with Gasteiger partial charge in [0.05, 0.1) is 0 Å². The van der Waals surface area contributed by atoms with Crippen molar-refractivity contribution < 1.29 is 4.59 Å². The van der Waals surface area contributed by atoms with Crippen molar-refractivity contribution in [3.8, 4) is 6.19 Å². The molecule has 0 aliphatic carbocycles. The summed E-state index contributed by atoms with van der Waals surface area (Å²) in [4.78, 5) is 0. The standard InChI is InChI=1S/C4H10N3/c1-3-7(2,6)4-5/h3,6H2,1-2H3/q+1. The van der Waals surface area contributed by atoms with Crippen LogP contribution >= 0.6 is 0 Å². The van der Waals surface area contributed by atoms with Crippen molar-refractivity contribution in [3.63, 3.8) is 0 Å². The number of hydrogen-bond acceptors (Lipinski definition) is 2. The molecule has 1 unspecified atom stereocenters. The first-order chi connectivity index (χ1) is 3.12. The average Bonchev–Trinajstić information content (AvgIpc) is 1.68. The van der Waals surface area contributed by atoms with Crippen molar-refractivity contribution in [2.45, 2.75) is 6.92 Å². The summed E-state index contributed by atoms with van der Waals surface area (Å²) in [5.41, 5.74) is 0. The molecule has 0 aliphatic heterocycles. The minimum absolute atomic E-state index is 0.0556. The van der Waals surface area contributed by atoms with Crippen LogP contribution in [0.5, 0.6) is 0 Å². The molecule has 0 heterocycles. The number of nitrogens with zero attached hydrogens (tertiary/aromatic N) is 2. The normalized spacial score (nSPS) is 17.4. The molecule has 0 rings (SSSR count). The highest BCUT2D eigenvalue weighted by Crippen LogP contribution is 1.82. The molecule has 0 aromatic heterocycles. The molecule has 40 valence electrons. The molecule has 1 atom stereocenters. The lowest BCUT2D eigenvalue weighted by Crippen LogP contribution is -2.45. The second-order valence-electron chi connectivity index (χ2n) is 1.68. The highest BCUT2D eigenvalue weighted by molar-refractivity contribution is 4.45. The van der Waals surface area contributed by atoms with Crippen LogP contribution in [-0.2, 0) is 0 Å². The topological polar surface area (TPSA) is 49.8 Å². The minimum Gasteiger partial charge on any atom is -0.166 e. The van der Waals surface area contributed by atoms with Gasteiger partial charge in [-0.05, 0) is 6.92 Å². The number of rotatable bonds is 1. The Kier molecular flexibility index (Phi) is 1.75. The average molecular weight is 100 g/mol. The van der Waals surface area contributed by atoms with E-state index in [0.29, 0.717) is 6.54 Å². The molecule has 3 heteroatoms. The highest BCUT2D eigenvalue weighted by atomic mass is 15.5. The van der Waals surface area contributed by atoms with Gasteiger partial charge in [-0.25, -0.2) is 0 Å². The molecular formula is C4H10N3+. The van der Waals surface area contributed by atoms with E-state index in [2.05, 4.69) is 0 Å². The number of nitriles is 1. The van der Waals surface area contributed by atoms with E-state index in [1.807, 2.05) is 13.1 Å². The quantitative estimate of drug-likeness (QED) is 0.215. The molecule has 0 bridgehead atoms. The Hall–Kier alpha value is -0.590. The summed E-state index contributed by atoms with van der Waals surface area (Å²) in [6.07, 6.45) is 1.91. The predicted octanol–water partition coefficient (Wildman–Crippen LogP) is -0.192. The van der Waals surface area contributed by atoms with Gasteiger partial charge in [-0.3, -0.25) is 0 Å². The first-order valence-electron chi connectivity index (χ1n) is 2.18. The molecule has 0 aliphatic rings. The van der Waals surface area contributed by atoms with Crippen molar-refractivity contribution in [1.29, 1.82) is 5.26 Å². The Morgan fingerprint density at radius 3 is 2.29 bits per heavy atom. The van der Waals surface area contributed by atoms with E-state index in [4.69, 9.17) is 11.1 Å². The third-order valence-electron chi connectivity index (χ3n) is 0.885. The zero-order chi connectivity index (χ0) is 5.91. The summed E-state index contributed by atoms with van der Waals surface area (Å²) in [5, 5.41) is 8.19. The van der Waals surface area contributed by atoms with Crippen LogP contribution < -0.4 is 5.84 Å². The fourth-order valence-electron chi connectivity index (χ4n) is 0.0707. The molecule has 0 radical (unpaired) electrons. The number of quaternary nitrogens is 1. The lowest BCUT2D eigenvalue weighted by atomic mass is 10.6. The summed E-state index contributed by atoms with van der Waals surface area (Å²) in [5.74, 6) is 5.29. The van der Waals surface area contributed by atoms with E-state index in [0.717, 1.165) is 0 Å². The van der Waals surface area contributed by atoms with Crippen LogP contribution in [0, 0.1) is 11.5 Å². The van der Waals surface area contributed by atoms with Gasteiger partial charge in [-0.1, -0.05) is 0 Å². The SMILES string of the molecule is CC[N+](C)(N)C#N. The van der Waals surface area contributed by atoms with E-state index in [1.54, 1.807) is 7.05 Å². The van der Waals surface area contributed by atoms with Gasteiger partial charge in [-0.2, -0.15) is 10.4 Å². The van der Waals surface area contributed by atoms with Crippen LogP contribution in [0.15, 0.2) is 0 Å². The molecule has 0 amide bonds. The van der Waals surface area contributed by atoms with E-state index in [-0.39, 0.29) is 4.59 Å². The summed E-state index contributed by atoms with van der Waals surface area (Å²) in [6, 6.07) is 0. The van der Waals surface area contributed by atoms with Crippen LogP contribution in [0.25, 0.3) is 0 Å². The first kappa shape index (κ1) is 6.41. The maximum atomic E-state index is 8.19. The Morgan fingerprint density at radius 2 is 2.29 bits per heavy atom. The summed E-state index contributed by atoms with van der Waals surface area (Å²) < 4.78 is -0.0556. The molecule has 2 N–H and O–H groups in total. The van der Waals surface area contributed by atoms with Gasteiger partial charge in [0.25, 0.3) is 0 Å². The predicted molar refractivity (Wildman–Crippen MR) is 26.5 cm³/mol. The zero-order valence-electron chi connectivity index (χ0n) is 4.68. The largest absolute Gasteiger partial charge is 0.329 e. The zero-order valence-corrected chi connectivity index (χ0v) is 4.68. The summed E-state index contributed by atoms with van der Waals surface area (Å²) >= 11 is 0. The van der Waals surface area contributed by atoms with E-state index in [9.17, 15) is 0 Å². The van der Waals surface area contributed by atoms with Crippen molar-refractivity contribution in [2.24, 2.45) is 5.84 Å². The fraction of sp³-hybridized carbons (Fsp3) is 0.750. The second-order valence-corrected chi connectivity index (χ2v) is 1.68. The van der Waals surface area contributed by atoms with Crippen molar-refractivity contribution in [2.75, 3.05) is 13.6 Å². The van der Waals surface area contributed by atoms with Gasteiger partial charge < -0.3 is 0 Å². The molecule has 0 fully saturated rings. The molecule has 0 spiro atoms. The van der Waals surface area contributed by atoms with Crippen LogP contribution in [0.3, 0.4) is 0 Å². The van der Waals surface area contributed by atoms with Crippen LogP contribution in [0.1, 0.15) is 6.92 Å². The summed E-state index contributed by atoms with van der Waals surface area (Å²) in [7, 11) is 1.65. The molecule has 3 nitrogen and oxygen atoms in total. The van der Waals surface area contributed by atoms with Gasteiger partial charge >= 0.3 is 6.19 Å². The fourth-order valence-corrected chi connectivity index (χ4v) is 0.0707.